The van der Waals surface area contributed by atoms with Crippen LogP contribution in [0.4, 0.5) is 0 Å². The number of amides is 1. The maximum Gasteiger partial charge on any atom is 0.237 e. The van der Waals surface area contributed by atoms with Crippen molar-refractivity contribution in [1.82, 2.24) is 14.9 Å². The van der Waals surface area contributed by atoms with Crippen LogP contribution in [0, 0.1) is 5.92 Å². The molecule has 3 atom stereocenters. The zero-order valence-electron chi connectivity index (χ0n) is 14.9. The maximum atomic E-state index is 12.4. The fourth-order valence-electron chi connectivity index (χ4n) is 3.53. The average Bonchev–Trinajstić information content (AvgIpc) is 3.04. The van der Waals surface area contributed by atoms with Gasteiger partial charge in [0.2, 0.25) is 5.91 Å². The van der Waals surface area contributed by atoms with Gasteiger partial charge < -0.3 is 15.6 Å². The lowest BCUT2D eigenvalue weighted by molar-refractivity contribution is -0.123. The second kappa shape index (κ2) is 8.30. The van der Waals surface area contributed by atoms with E-state index in [1.54, 1.807) is 6.33 Å². The van der Waals surface area contributed by atoms with Gasteiger partial charge in [-0.1, -0.05) is 50.1 Å². The molecular weight excluding hydrogens is 312 g/mol. The molecule has 0 radical (unpaired) electrons. The van der Waals surface area contributed by atoms with Crippen molar-refractivity contribution in [1.29, 1.82) is 0 Å². The summed E-state index contributed by atoms with van der Waals surface area (Å²) < 4.78 is 2.03. The quantitative estimate of drug-likeness (QED) is 0.848. The van der Waals surface area contributed by atoms with Crippen molar-refractivity contribution >= 4 is 5.91 Å². The maximum absolute atomic E-state index is 12.4. The van der Waals surface area contributed by atoms with Gasteiger partial charge in [-0.2, -0.15) is 0 Å². The van der Waals surface area contributed by atoms with Crippen molar-refractivity contribution in [3.05, 3.63) is 54.1 Å². The molecule has 2 aromatic rings. The Kier molecular flexibility index (Phi) is 5.87. The van der Waals surface area contributed by atoms with E-state index in [0.29, 0.717) is 12.3 Å². The topological polar surface area (TPSA) is 72.9 Å². The number of carbonyl (C=O) groups excluding carboxylic acids is 1. The fourth-order valence-corrected chi connectivity index (χ4v) is 3.53. The molecule has 1 fully saturated rings. The van der Waals surface area contributed by atoms with Gasteiger partial charge in [-0.05, 0) is 24.3 Å². The molecule has 1 aromatic heterocycles. The molecule has 1 amide bonds. The summed E-state index contributed by atoms with van der Waals surface area (Å²) in [6.07, 6.45) is 8.94. The third-order valence-electron chi connectivity index (χ3n) is 5.10. The number of benzene rings is 1. The summed E-state index contributed by atoms with van der Waals surface area (Å²) in [5.74, 6) is 0.478. The minimum Gasteiger partial charge on any atom is -0.352 e. The predicted molar refractivity (Wildman–Crippen MR) is 99.0 cm³/mol. The lowest BCUT2D eigenvalue weighted by Gasteiger charge is -2.30. The average molecular weight is 340 g/mol. The van der Waals surface area contributed by atoms with E-state index in [4.69, 9.17) is 5.73 Å². The molecule has 5 heteroatoms. The molecule has 1 heterocycles. The van der Waals surface area contributed by atoms with Crippen LogP contribution < -0.4 is 11.1 Å². The number of nitrogens with one attached hydrogen (secondary N) is 1. The van der Waals surface area contributed by atoms with E-state index in [9.17, 15) is 4.79 Å². The van der Waals surface area contributed by atoms with Gasteiger partial charge in [-0.15, -0.1) is 0 Å². The highest BCUT2D eigenvalue weighted by atomic mass is 16.2. The molecule has 0 spiro atoms. The minimum absolute atomic E-state index is 0.0589. The molecule has 3 rings (SSSR count). The molecule has 5 nitrogen and oxygen atoms in total. The zero-order valence-corrected chi connectivity index (χ0v) is 14.9. The van der Waals surface area contributed by atoms with Gasteiger partial charge in [0.05, 0.1) is 18.1 Å². The van der Waals surface area contributed by atoms with Gasteiger partial charge in [-0.25, -0.2) is 4.98 Å². The number of aromatic nitrogens is 2. The van der Waals surface area contributed by atoms with Gasteiger partial charge in [0.1, 0.15) is 0 Å². The number of hydrogen-bond donors (Lipinski definition) is 2. The Morgan fingerprint density at radius 3 is 2.84 bits per heavy atom. The molecular formula is C20H28N4O. The van der Waals surface area contributed by atoms with E-state index in [-0.39, 0.29) is 11.9 Å². The van der Waals surface area contributed by atoms with Crippen LogP contribution in [0.3, 0.4) is 0 Å². The Morgan fingerprint density at radius 2 is 2.08 bits per heavy atom. The van der Waals surface area contributed by atoms with Crippen LogP contribution in [0.15, 0.2) is 42.9 Å². The second-order valence-corrected chi connectivity index (χ2v) is 7.21. The van der Waals surface area contributed by atoms with E-state index in [1.165, 1.54) is 24.8 Å². The highest BCUT2D eigenvalue weighted by Crippen LogP contribution is 2.23. The Balaban J connectivity index is 1.52. The van der Waals surface area contributed by atoms with Crippen LogP contribution in [-0.2, 0) is 17.8 Å². The highest BCUT2D eigenvalue weighted by Gasteiger charge is 2.25. The van der Waals surface area contributed by atoms with Gasteiger partial charge >= 0.3 is 0 Å². The first-order valence-electron chi connectivity index (χ1n) is 9.22. The summed E-state index contributed by atoms with van der Waals surface area (Å²) in [6.45, 7) is 2.98. The van der Waals surface area contributed by atoms with Crippen LogP contribution in [0.2, 0.25) is 0 Å². The first-order chi connectivity index (χ1) is 12.1. The summed E-state index contributed by atoms with van der Waals surface area (Å²) in [6, 6.07) is 9.96. The highest BCUT2D eigenvalue weighted by molar-refractivity contribution is 5.82. The summed E-state index contributed by atoms with van der Waals surface area (Å²) in [7, 11) is 0. The van der Waals surface area contributed by atoms with Crippen molar-refractivity contribution in [2.45, 2.75) is 57.7 Å². The van der Waals surface area contributed by atoms with Crippen LogP contribution in [-0.4, -0.2) is 27.5 Å². The SMILES string of the molecule is CC1CCCCC1NC(=O)[C@@H](N)Cc1cn(Cc2ccccc2)cn1. The first-order valence-corrected chi connectivity index (χ1v) is 9.22. The Hall–Kier alpha value is -2.14. The molecule has 1 aliphatic carbocycles. The van der Waals surface area contributed by atoms with Crippen molar-refractivity contribution < 1.29 is 4.79 Å². The van der Waals surface area contributed by atoms with Crippen molar-refractivity contribution in [2.24, 2.45) is 11.7 Å². The zero-order chi connectivity index (χ0) is 17.6. The third-order valence-corrected chi connectivity index (χ3v) is 5.10. The standard InChI is InChI=1S/C20H28N4O/c1-15-7-5-6-10-19(15)23-20(25)18(21)11-17-13-24(14-22-17)12-16-8-3-2-4-9-16/h2-4,8-9,13-15,18-19H,5-7,10-12,21H2,1H3,(H,23,25)/t15?,18-,19?/m0/s1. The number of imidazole rings is 1. The molecule has 134 valence electrons. The molecule has 3 N–H and O–H groups in total. The molecule has 25 heavy (non-hydrogen) atoms. The third kappa shape index (κ3) is 4.92. The lowest BCUT2D eigenvalue weighted by atomic mass is 9.86. The summed E-state index contributed by atoms with van der Waals surface area (Å²) >= 11 is 0. The van der Waals surface area contributed by atoms with Gasteiger partial charge in [0, 0.05) is 25.2 Å². The van der Waals surface area contributed by atoms with Gasteiger partial charge in [-0.3, -0.25) is 4.79 Å². The Morgan fingerprint density at radius 1 is 1.32 bits per heavy atom. The summed E-state index contributed by atoms with van der Waals surface area (Å²) in [5.41, 5.74) is 8.19. The van der Waals surface area contributed by atoms with Crippen LogP contribution >= 0.6 is 0 Å². The number of carbonyl (C=O) groups is 1. The van der Waals surface area contributed by atoms with Crippen LogP contribution in [0.5, 0.6) is 0 Å². The molecule has 2 unspecified atom stereocenters. The van der Waals surface area contributed by atoms with E-state index >= 15 is 0 Å². The number of hydrogen-bond acceptors (Lipinski definition) is 3. The van der Waals surface area contributed by atoms with Gasteiger partial charge in [0.15, 0.2) is 0 Å². The monoisotopic (exact) mass is 340 g/mol. The van der Waals surface area contributed by atoms with Gasteiger partial charge in [0.25, 0.3) is 0 Å². The molecule has 0 aliphatic heterocycles. The molecule has 1 aliphatic rings. The van der Waals surface area contributed by atoms with E-state index in [1.807, 2.05) is 29.0 Å². The van der Waals surface area contributed by atoms with E-state index < -0.39 is 6.04 Å². The number of rotatable bonds is 6. The minimum atomic E-state index is -0.547. The molecule has 0 bridgehead atoms. The molecule has 0 saturated heterocycles. The normalized spacial score (nSPS) is 21.7. The Bertz CT molecular complexity index is 682. The Labute approximate surface area is 149 Å². The molecule has 1 saturated carbocycles. The first kappa shape index (κ1) is 17.7. The summed E-state index contributed by atoms with van der Waals surface area (Å²) in [4.78, 5) is 16.8. The molecule has 1 aromatic carbocycles. The van der Waals surface area contributed by atoms with E-state index in [2.05, 4.69) is 29.4 Å². The summed E-state index contributed by atoms with van der Waals surface area (Å²) in [5, 5.41) is 3.14. The van der Waals surface area contributed by atoms with Crippen molar-refractivity contribution in [3.8, 4) is 0 Å². The predicted octanol–water partition coefficient (Wildman–Crippen LogP) is 2.50. The van der Waals surface area contributed by atoms with Crippen LogP contribution in [0.1, 0.15) is 43.9 Å². The van der Waals surface area contributed by atoms with Crippen LogP contribution in [0.25, 0.3) is 0 Å². The van der Waals surface area contributed by atoms with Crippen molar-refractivity contribution in [2.75, 3.05) is 0 Å². The largest absolute Gasteiger partial charge is 0.352 e. The second-order valence-electron chi connectivity index (χ2n) is 7.21. The lowest BCUT2D eigenvalue weighted by Crippen LogP contribution is -2.49. The smallest absolute Gasteiger partial charge is 0.237 e. The fraction of sp³-hybridized carbons (Fsp3) is 0.500. The van der Waals surface area contributed by atoms with Crippen molar-refractivity contribution in [3.63, 3.8) is 0 Å². The number of nitrogens with two attached hydrogens (primary N) is 1. The number of nitrogens with zero attached hydrogens (tertiary/aromatic N) is 2. The van der Waals surface area contributed by atoms with E-state index in [0.717, 1.165) is 18.7 Å².